The van der Waals surface area contributed by atoms with Crippen molar-refractivity contribution in [2.45, 2.75) is 26.0 Å². The molecule has 2 aromatic rings. The van der Waals surface area contributed by atoms with Gasteiger partial charge < -0.3 is 5.11 Å². The van der Waals surface area contributed by atoms with E-state index in [1.165, 1.54) is 0 Å². The van der Waals surface area contributed by atoms with Gasteiger partial charge >= 0.3 is 0 Å². The molecule has 0 aliphatic rings. The van der Waals surface area contributed by atoms with Crippen LogP contribution >= 0.6 is 27.5 Å². The van der Waals surface area contributed by atoms with Crippen LogP contribution in [0.15, 0.2) is 34.9 Å². The lowest BCUT2D eigenvalue weighted by atomic mass is 10.1. The molecule has 0 aliphatic heterocycles. The van der Waals surface area contributed by atoms with Crippen LogP contribution in [0.5, 0.6) is 0 Å². The Morgan fingerprint density at radius 1 is 1.33 bits per heavy atom. The van der Waals surface area contributed by atoms with Gasteiger partial charge in [-0.2, -0.15) is 5.10 Å². The van der Waals surface area contributed by atoms with Crippen molar-refractivity contribution in [3.05, 3.63) is 51.2 Å². The fourth-order valence-electron chi connectivity index (χ4n) is 1.86. The normalized spacial score (nSPS) is 13.0. The number of aliphatic hydroxyl groups excluding tert-OH is 1. The summed E-state index contributed by atoms with van der Waals surface area (Å²) < 4.78 is 2.59. The molecule has 1 aromatic heterocycles. The maximum Gasteiger partial charge on any atom is 0.123 e. The Hall–Kier alpha value is -0.840. The number of nitrogens with zero attached hydrogens (tertiary/aromatic N) is 2. The summed E-state index contributed by atoms with van der Waals surface area (Å²) in [5.74, 6) is 0. The molecule has 1 atom stereocenters. The molecule has 1 aromatic carbocycles. The van der Waals surface area contributed by atoms with Gasteiger partial charge in [0.25, 0.3) is 0 Å². The zero-order valence-corrected chi connectivity index (χ0v) is 12.5. The molecule has 0 fully saturated rings. The highest BCUT2D eigenvalue weighted by molar-refractivity contribution is 9.10. The van der Waals surface area contributed by atoms with Crippen molar-refractivity contribution in [3.8, 4) is 0 Å². The lowest BCUT2D eigenvalue weighted by Crippen LogP contribution is -2.12. The molecule has 0 saturated heterocycles. The number of aromatic nitrogens is 2. The first-order valence-corrected chi connectivity index (χ1v) is 6.85. The Labute approximate surface area is 120 Å². The van der Waals surface area contributed by atoms with Gasteiger partial charge in [0.05, 0.1) is 16.9 Å². The highest BCUT2D eigenvalue weighted by Gasteiger charge is 2.22. The summed E-state index contributed by atoms with van der Waals surface area (Å²) >= 11 is 9.56. The van der Waals surface area contributed by atoms with Crippen molar-refractivity contribution in [2.24, 2.45) is 0 Å². The summed E-state index contributed by atoms with van der Waals surface area (Å²) in [6, 6.07) is 7.69. The number of aliphatic hydroxyl groups is 1. The number of halogens is 2. The standard InChI is InChI=1S/C13H14BrClN2O/c1-8(2)17-12(11(15)7-16-17)13(18)9-5-3-4-6-10(9)14/h3-8,13,18H,1-2H3. The smallest absolute Gasteiger partial charge is 0.123 e. The highest BCUT2D eigenvalue weighted by atomic mass is 79.9. The molecule has 0 amide bonds. The first-order chi connectivity index (χ1) is 8.52. The lowest BCUT2D eigenvalue weighted by molar-refractivity contribution is 0.204. The molecule has 96 valence electrons. The highest BCUT2D eigenvalue weighted by Crippen LogP contribution is 2.33. The molecule has 2 rings (SSSR count). The summed E-state index contributed by atoms with van der Waals surface area (Å²) in [5.41, 5.74) is 1.40. The van der Waals surface area contributed by atoms with E-state index in [0.29, 0.717) is 10.7 Å². The Balaban J connectivity index is 2.49. The molecule has 3 nitrogen and oxygen atoms in total. The van der Waals surface area contributed by atoms with Crippen LogP contribution in [0.2, 0.25) is 5.02 Å². The van der Waals surface area contributed by atoms with E-state index < -0.39 is 6.10 Å². The van der Waals surface area contributed by atoms with E-state index in [9.17, 15) is 5.11 Å². The van der Waals surface area contributed by atoms with E-state index in [2.05, 4.69) is 21.0 Å². The van der Waals surface area contributed by atoms with Gasteiger partial charge in [-0.1, -0.05) is 45.7 Å². The van der Waals surface area contributed by atoms with Crippen LogP contribution < -0.4 is 0 Å². The zero-order chi connectivity index (χ0) is 13.3. The van der Waals surface area contributed by atoms with Crippen molar-refractivity contribution in [2.75, 3.05) is 0 Å². The van der Waals surface area contributed by atoms with Gasteiger partial charge in [0.2, 0.25) is 0 Å². The van der Waals surface area contributed by atoms with Crippen molar-refractivity contribution in [1.29, 1.82) is 0 Å². The molecule has 0 saturated carbocycles. The molecule has 0 spiro atoms. The van der Waals surface area contributed by atoms with E-state index in [4.69, 9.17) is 11.6 Å². The van der Waals surface area contributed by atoms with Crippen molar-refractivity contribution < 1.29 is 5.11 Å². The lowest BCUT2D eigenvalue weighted by Gasteiger charge is -2.17. The third-order valence-electron chi connectivity index (χ3n) is 2.73. The zero-order valence-electron chi connectivity index (χ0n) is 10.1. The molecule has 18 heavy (non-hydrogen) atoms. The molecule has 5 heteroatoms. The quantitative estimate of drug-likeness (QED) is 0.925. The fraction of sp³-hybridized carbons (Fsp3) is 0.308. The van der Waals surface area contributed by atoms with Crippen molar-refractivity contribution >= 4 is 27.5 Å². The van der Waals surface area contributed by atoms with Crippen LogP contribution in [0.3, 0.4) is 0 Å². The fourth-order valence-corrected chi connectivity index (χ4v) is 2.60. The van der Waals surface area contributed by atoms with E-state index in [1.807, 2.05) is 38.1 Å². The van der Waals surface area contributed by atoms with Crippen LogP contribution in [0.1, 0.15) is 37.3 Å². The first-order valence-electron chi connectivity index (χ1n) is 5.67. The Bertz CT molecular complexity index is 554. The monoisotopic (exact) mass is 328 g/mol. The summed E-state index contributed by atoms with van der Waals surface area (Å²) in [6.45, 7) is 4.00. The third-order valence-corrected chi connectivity index (χ3v) is 3.75. The molecular formula is C13H14BrClN2O. The van der Waals surface area contributed by atoms with Gasteiger partial charge in [0.15, 0.2) is 0 Å². The summed E-state index contributed by atoms with van der Waals surface area (Å²) in [6.07, 6.45) is 0.773. The van der Waals surface area contributed by atoms with Gasteiger partial charge in [0, 0.05) is 16.1 Å². The maximum atomic E-state index is 10.5. The second kappa shape index (κ2) is 5.43. The van der Waals surface area contributed by atoms with E-state index in [1.54, 1.807) is 10.9 Å². The Kier molecular flexibility index (Phi) is 4.10. The average molecular weight is 330 g/mol. The minimum atomic E-state index is -0.794. The largest absolute Gasteiger partial charge is 0.382 e. The van der Waals surface area contributed by atoms with Gasteiger partial charge in [0.1, 0.15) is 6.10 Å². The molecule has 1 heterocycles. The van der Waals surface area contributed by atoms with Gasteiger partial charge in [-0.05, 0) is 19.9 Å². The molecule has 0 bridgehead atoms. The molecule has 0 aliphatic carbocycles. The SMILES string of the molecule is CC(C)n1ncc(Cl)c1C(O)c1ccccc1Br. The van der Waals surface area contributed by atoms with Crippen LogP contribution in [0.25, 0.3) is 0 Å². The molecule has 1 unspecified atom stereocenters. The van der Waals surface area contributed by atoms with Crippen LogP contribution in [-0.4, -0.2) is 14.9 Å². The molecule has 0 radical (unpaired) electrons. The van der Waals surface area contributed by atoms with Crippen LogP contribution in [0.4, 0.5) is 0 Å². The van der Waals surface area contributed by atoms with Crippen molar-refractivity contribution in [1.82, 2.24) is 9.78 Å². The van der Waals surface area contributed by atoms with Gasteiger partial charge in [-0.25, -0.2) is 0 Å². The van der Waals surface area contributed by atoms with Gasteiger partial charge in [-0.15, -0.1) is 0 Å². The van der Waals surface area contributed by atoms with Gasteiger partial charge in [-0.3, -0.25) is 4.68 Å². The number of rotatable bonds is 3. The predicted molar refractivity (Wildman–Crippen MR) is 75.8 cm³/mol. The third kappa shape index (κ3) is 2.46. The van der Waals surface area contributed by atoms with Crippen LogP contribution in [0, 0.1) is 0 Å². The second-order valence-electron chi connectivity index (χ2n) is 4.34. The van der Waals surface area contributed by atoms with E-state index >= 15 is 0 Å². The summed E-state index contributed by atoms with van der Waals surface area (Å²) in [7, 11) is 0. The van der Waals surface area contributed by atoms with E-state index in [-0.39, 0.29) is 6.04 Å². The Morgan fingerprint density at radius 3 is 2.61 bits per heavy atom. The second-order valence-corrected chi connectivity index (χ2v) is 5.60. The molecule has 1 N–H and O–H groups in total. The molecular weight excluding hydrogens is 316 g/mol. The van der Waals surface area contributed by atoms with Crippen molar-refractivity contribution in [3.63, 3.8) is 0 Å². The van der Waals surface area contributed by atoms with Crippen LogP contribution in [-0.2, 0) is 0 Å². The minimum Gasteiger partial charge on any atom is -0.382 e. The summed E-state index contributed by atoms with van der Waals surface area (Å²) in [5, 5.41) is 15.2. The van der Waals surface area contributed by atoms with E-state index in [0.717, 1.165) is 10.0 Å². The Morgan fingerprint density at radius 2 is 2.00 bits per heavy atom. The average Bonchev–Trinajstić information content (AvgIpc) is 2.71. The number of benzene rings is 1. The first kappa shape index (κ1) is 13.6. The number of hydrogen-bond donors (Lipinski definition) is 1. The summed E-state index contributed by atoms with van der Waals surface area (Å²) in [4.78, 5) is 0. The number of hydrogen-bond acceptors (Lipinski definition) is 2. The topological polar surface area (TPSA) is 38.0 Å². The maximum absolute atomic E-state index is 10.5. The minimum absolute atomic E-state index is 0.143. The predicted octanol–water partition coefficient (Wildman–Crippen LogP) is 3.96.